The van der Waals surface area contributed by atoms with Crippen molar-refractivity contribution in [3.63, 3.8) is 0 Å². The van der Waals surface area contributed by atoms with Gasteiger partial charge in [-0.3, -0.25) is 9.59 Å². The lowest BCUT2D eigenvalue weighted by Crippen LogP contribution is -2.52. The van der Waals surface area contributed by atoms with Gasteiger partial charge in [0.15, 0.2) is 0 Å². The Kier molecular flexibility index (Phi) is 14.4. The van der Waals surface area contributed by atoms with Crippen molar-refractivity contribution in [3.05, 3.63) is 34.9 Å². The van der Waals surface area contributed by atoms with Crippen LogP contribution in [0.4, 0.5) is 4.79 Å². The molecule has 0 aliphatic carbocycles. The summed E-state index contributed by atoms with van der Waals surface area (Å²) in [7, 11) is 0. The minimum atomic E-state index is -0.847. The van der Waals surface area contributed by atoms with Gasteiger partial charge in [-0.05, 0) is 78.0 Å². The molecule has 1 aromatic rings. The van der Waals surface area contributed by atoms with Crippen molar-refractivity contribution in [2.24, 2.45) is 0 Å². The summed E-state index contributed by atoms with van der Waals surface area (Å²) in [6.07, 6.45) is 7.54. The number of hydrogen-bond acceptors (Lipinski definition) is 4. The normalized spacial score (nSPS) is 13.8. The number of unbranched alkanes of at least 4 members (excludes halogenated alkanes) is 5. The maximum atomic E-state index is 13.9. The monoisotopic (exact) mass is 531 g/mol. The molecular formula is C31H53N3O4. The summed E-state index contributed by atoms with van der Waals surface area (Å²) in [5, 5.41) is 5.81. The molecule has 0 aliphatic rings. The van der Waals surface area contributed by atoms with E-state index in [1.165, 1.54) is 12.8 Å². The van der Waals surface area contributed by atoms with Crippen LogP contribution < -0.4 is 10.6 Å². The Morgan fingerprint density at radius 1 is 0.895 bits per heavy atom. The Hall–Kier alpha value is -2.57. The maximum absolute atomic E-state index is 13.9. The highest BCUT2D eigenvalue weighted by molar-refractivity contribution is 5.92. The number of benzene rings is 1. The topological polar surface area (TPSA) is 87.7 Å². The first-order valence-electron chi connectivity index (χ1n) is 14.5. The largest absolute Gasteiger partial charge is 0.444 e. The van der Waals surface area contributed by atoms with Gasteiger partial charge in [0.2, 0.25) is 11.8 Å². The lowest BCUT2D eigenvalue weighted by molar-refractivity contribution is -0.142. The van der Waals surface area contributed by atoms with Gasteiger partial charge < -0.3 is 20.3 Å². The molecule has 0 saturated heterocycles. The van der Waals surface area contributed by atoms with Crippen LogP contribution in [0.2, 0.25) is 0 Å². The minimum absolute atomic E-state index is 0.00940. The molecule has 0 aliphatic heterocycles. The average Bonchev–Trinajstić information content (AvgIpc) is 2.80. The fraction of sp³-hybridized carbons (Fsp3) is 0.710. The van der Waals surface area contributed by atoms with Gasteiger partial charge in [-0.25, -0.2) is 4.79 Å². The Balaban J connectivity index is 3.33. The summed E-state index contributed by atoms with van der Waals surface area (Å²) in [6.45, 7) is 17.7. The second-order valence-electron chi connectivity index (χ2n) is 11.6. The Morgan fingerprint density at radius 3 is 2.11 bits per heavy atom. The van der Waals surface area contributed by atoms with Crippen molar-refractivity contribution in [1.29, 1.82) is 0 Å². The zero-order valence-corrected chi connectivity index (χ0v) is 25.4. The van der Waals surface area contributed by atoms with Crippen LogP contribution in [0.15, 0.2) is 18.2 Å². The predicted molar refractivity (Wildman–Crippen MR) is 155 cm³/mol. The second kappa shape index (κ2) is 16.4. The number of nitrogens with one attached hydrogen (secondary N) is 2. The van der Waals surface area contributed by atoms with E-state index < -0.39 is 23.8 Å². The molecule has 0 saturated carbocycles. The standard InChI is InChI=1S/C31H53N3O4/c1-10-12-13-14-15-16-20-34(29(36)25(6)33-30(37)38-31(7,8)9)27(28(35)32-24(5)17-11-2)26-19-18-22(3)23(4)21-26/h18-19,21,24-25,27H,10-17,20H2,1-9H3,(H,32,35)(H,33,37). The molecular weight excluding hydrogens is 478 g/mol. The summed E-state index contributed by atoms with van der Waals surface area (Å²) in [5.41, 5.74) is 2.29. The molecule has 0 heterocycles. The summed E-state index contributed by atoms with van der Waals surface area (Å²) in [5.74, 6) is -0.496. The number of rotatable bonds is 15. The highest BCUT2D eigenvalue weighted by Crippen LogP contribution is 2.26. The van der Waals surface area contributed by atoms with Gasteiger partial charge in [-0.2, -0.15) is 0 Å². The van der Waals surface area contributed by atoms with Crippen molar-refractivity contribution in [2.45, 2.75) is 137 Å². The fourth-order valence-electron chi connectivity index (χ4n) is 4.46. The van der Waals surface area contributed by atoms with Gasteiger partial charge in [-0.15, -0.1) is 0 Å². The number of alkyl carbamates (subject to hydrolysis) is 1. The lowest BCUT2D eigenvalue weighted by Gasteiger charge is -2.34. The third-order valence-corrected chi connectivity index (χ3v) is 6.66. The molecule has 0 radical (unpaired) electrons. The van der Waals surface area contributed by atoms with Crippen LogP contribution in [-0.2, 0) is 14.3 Å². The number of ether oxygens (including phenoxy) is 1. The van der Waals surface area contributed by atoms with E-state index >= 15 is 0 Å². The molecule has 3 unspecified atom stereocenters. The molecule has 0 bridgehead atoms. The van der Waals surface area contributed by atoms with Crippen molar-refractivity contribution in [1.82, 2.24) is 15.5 Å². The summed E-state index contributed by atoms with van der Waals surface area (Å²) < 4.78 is 5.38. The average molecular weight is 532 g/mol. The van der Waals surface area contributed by atoms with Gasteiger partial charge in [-0.1, -0.05) is 70.6 Å². The van der Waals surface area contributed by atoms with E-state index in [0.29, 0.717) is 6.54 Å². The number of aryl methyl sites for hydroxylation is 2. The van der Waals surface area contributed by atoms with E-state index in [4.69, 9.17) is 4.74 Å². The first-order valence-corrected chi connectivity index (χ1v) is 14.5. The van der Waals surface area contributed by atoms with Gasteiger partial charge >= 0.3 is 6.09 Å². The molecule has 7 nitrogen and oxygen atoms in total. The molecule has 2 N–H and O–H groups in total. The van der Waals surface area contributed by atoms with Crippen LogP contribution in [0.25, 0.3) is 0 Å². The van der Waals surface area contributed by atoms with Crippen LogP contribution >= 0.6 is 0 Å². The van der Waals surface area contributed by atoms with Gasteiger partial charge in [0.1, 0.15) is 17.7 Å². The summed E-state index contributed by atoms with van der Waals surface area (Å²) >= 11 is 0. The van der Waals surface area contributed by atoms with Gasteiger partial charge in [0.05, 0.1) is 0 Å². The van der Waals surface area contributed by atoms with E-state index in [1.807, 2.05) is 39.0 Å². The highest BCUT2D eigenvalue weighted by atomic mass is 16.6. The van der Waals surface area contributed by atoms with Crippen LogP contribution in [0.1, 0.15) is 123 Å². The second-order valence-corrected chi connectivity index (χ2v) is 11.6. The number of carbonyl (C=O) groups is 3. The van der Waals surface area contributed by atoms with Crippen LogP contribution in [0.5, 0.6) is 0 Å². The first-order chi connectivity index (χ1) is 17.8. The van der Waals surface area contributed by atoms with Gasteiger partial charge in [0.25, 0.3) is 0 Å². The zero-order valence-electron chi connectivity index (χ0n) is 25.4. The Morgan fingerprint density at radius 2 is 1.53 bits per heavy atom. The summed E-state index contributed by atoms with van der Waals surface area (Å²) in [4.78, 5) is 41.7. The number of nitrogens with zero attached hydrogens (tertiary/aromatic N) is 1. The van der Waals surface area contributed by atoms with E-state index in [-0.39, 0.29) is 17.9 Å². The van der Waals surface area contributed by atoms with E-state index in [0.717, 1.165) is 55.2 Å². The SMILES string of the molecule is CCCCCCCCN(C(=O)C(C)NC(=O)OC(C)(C)C)C(C(=O)NC(C)CCC)c1ccc(C)c(C)c1. The Bertz CT molecular complexity index is 894. The molecule has 3 amide bonds. The van der Waals surface area contributed by atoms with Gasteiger partial charge in [0, 0.05) is 12.6 Å². The summed E-state index contributed by atoms with van der Waals surface area (Å²) in [6, 6.07) is 4.28. The minimum Gasteiger partial charge on any atom is -0.444 e. The van der Waals surface area contributed by atoms with Crippen molar-refractivity contribution < 1.29 is 19.1 Å². The highest BCUT2D eigenvalue weighted by Gasteiger charge is 2.35. The molecule has 1 rings (SSSR count). The van der Waals surface area contributed by atoms with Crippen molar-refractivity contribution in [2.75, 3.05) is 6.54 Å². The molecule has 3 atom stereocenters. The zero-order chi connectivity index (χ0) is 28.9. The van der Waals surface area contributed by atoms with Crippen LogP contribution in [-0.4, -0.2) is 47.0 Å². The number of amides is 3. The van der Waals surface area contributed by atoms with Crippen molar-refractivity contribution >= 4 is 17.9 Å². The molecule has 1 aromatic carbocycles. The number of carbonyl (C=O) groups excluding carboxylic acids is 3. The molecule has 38 heavy (non-hydrogen) atoms. The molecule has 0 fully saturated rings. The van der Waals surface area contributed by atoms with E-state index in [9.17, 15) is 14.4 Å². The van der Waals surface area contributed by atoms with Crippen LogP contribution in [0, 0.1) is 13.8 Å². The lowest BCUT2D eigenvalue weighted by atomic mass is 9.97. The van der Waals surface area contributed by atoms with E-state index in [2.05, 4.69) is 24.5 Å². The first kappa shape index (κ1) is 33.5. The van der Waals surface area contributed by atoms with Crippen molar-refractivity contribution in [3.8, 4) is 0 Å². The Labute approximate surface area is 231 Å². The van der Waals surface area contributed by atoms with Crippen LogP contribution in [0.3, 0.4) is 0 Å². The molecule has 0 aromatic heterocycles. The molecule has 7 heteroatoms. The quantitative estimate of drug-likeness (QED) is 0.245. The predicted octanol–water partition coefficient (Wildman–Crippen LogP) is 6.75. The molecule has 216 valence electrons. The molecule has 0 spiro atoms. The van der Waals surface area contributed by atoms with E-state index in [1.54, 1.807) is 32.6 Å². The number of hydrogen-bond donors (Lipinski definition) is 2. The third kappa shape index (κ3) is 11.9. The fourth-order valence-corrected chi connectivity index (χ4v) is 4.46. The maximum Gasteiger partial charge on any atom is 0.408 e. The third-order valence-electron chi connectivity index (χ3n) is 6.66. The smallest absolute Gasteiger partial charge is 0.408 e.